The standard InChI is InChI=1S/C42H58N6O10S/c1-5-27-22-42(27,39(52)47-59(54,55)29-13-14-29)46-37(50)32-19-28-23-48(32)38(51)36(25-10-7-6-8-11-25)45-40(53)57-24-41(2,3)15-9-12-26-18-30-31(20-33(26)56-4)44-35(43-16-17-49)21-34(30)58-28/h5,18,20-21,25,27-29,32,36,49H,1,6-17,19,22-24H2,2-4H3,(H,43,44)(H,45,53)(H,46,50)(H,47,52)/t27-,28+,32-,36-,42-/m0/s1. The predicted octanol–water partition coefficient (Wildman–Crippen LogP) is 3.70. The third-order valence-electron chi connectivity index (χ3n) is 12.5. The number of cyclic esters (lactones) is 1. The fourth-order valence-electron chi connectivity index (χ4n) is 8.89. The second kappa shape index (κ2) is 17.1. The molecule has 1 saturated heterocycles. The van der Waals surface area contributed by atoms with E-state index >= 15 is 0 Å². The van der Waals surface area contributed by atoms with E-state index in [1.807, 2.05) is 26.0 Å². The summed E-state index contributed by atoms with van der Waals surface area (Å²) in [4.78, 5) is 62.9. The van der Waals surface area contributed by atoms with E-state index in [9.17, 15) is 32.7 Å². The lowest BCUT2D eigenvalue weighted by molar-refractivity contribution is -0.142. The Hall–Kier alpha value is -4.64. The summed E-state index contributed by atoms with van der Waals surface area (Å²) in [6.07, 6.45) is 7.45. The van der Waals surface area contributed by atoms with Crippen LogP contribution in [0.2, 0.25) is 0 Å². The van der Waals surface area contributed by atoms with Crippen molar-refractivity contribution in [3.05, 3.63) is 36.4 Å². The summed E-state index contributed by atoms with van der Waals surface area (Å²) in [6, 6.07) is 3.41. The minimum absolute atomic E-state index is 0.0245. The minimum atomic E-state index is -3.92. The Labute approximate surface area is 345 Å². The number of sulfonamides is 1. The van der Waals surface area contributed by atoms with E-state index in [0.717, 1.165) is 37.7 Å². The molecular formula is C42H58N6O10S. The van der Waals surface area contributed by atoms with E-state index in [4.69, 9.17) is 19.2 Å². The van der Waals surface area contributed by atoms with Gasteiger partial charge in [0, 0.05) is 36.4 Å². The number of alkyl carbamates (subject to hydrolysis) is 1. The fourth-order valence-corrected chi connectivity index (χ4v) is 10.2. The number of hydrogen-bond donors (Lipinski definition) is 5. The summed E-state index contributed by atoms with van der Waals surface area (Å²) in [5, 5.41) is 18.5. The lowest BCUT2D eigenvalue weighted by Gasteiger charge is -2.35. The minimum Gasteiger partial charge on any atom is -0.496 e. The molecule has 2 aromatic rings. The molecule has 2 aliphatic heterocycles. The van der Waals surface area contributed by atoms with E-state index in [2.05, 4.69) is 27.3 Å². The molecular weight excluding hydrogens is 781 g/mol. The summed E-state index contributed by atoms with van der Waals surface area (Å²) >= 11 is 0. The Morgan fingerprint density at radius 3 is 2.56 bits per heavy atom. The number of pyridine rings is 1. The van der Waals surface area contributed by atoms with Gasteiger partial charge in [-0.3, -0.25) is 19.1 Å². The highest BCUT2D eigenvalue weighted by Crippen LogP contribution is 2.46. The van der Waals surface area contributed by atoms with Gasteiger partial charge >= 0.3 is 6.09 Å². The number of aliphatic hydroxyl groups is 1. The van der Waals surface area contributed by atoms with Gasteiger partial charge in [0.05, 0.1) is 37.6 Å². The number of anilines is 1. The van der Waals surface area contributed by atoms with Gasteiger partial charge in [0.25, 0.3) is 5.91 Å². The van der Waals surface area contributed by atoms with Crippen LogP contribution in [0.3, 0.4) is 0 Å². The molecule has 322 valence electrons. The molecule has 0 unspecified atom stereocenters. The topological polar surface area (TPSA) is 215 Å². The molecule has 1 aromatic carbocycles. The molecule has 4 fully saturated rings. The number of ether oxygens (including phenoxy) is 3. The maximum atomic E-state index is 15.0. The van der Waals surface area contributed by atoms with Gasteiger partial charge in [-0.15, -0.1) is 6.58 Å². The molecule has 7 rings (SSSR count). The number of carbonyl (C=O) groups excluding carboxylic acids is 4. The van der Waals surface area contributed by atoms with E-state index in [1.54, 1.807) is 13.2 Å². The van der Waals surface area contributed by atoms with Gasteiger partial charge in [0.15, 0.2) is 0 Å². The molecule has 5 atom stereocenters. The van der Waals surface area contributed by atoms with Gasteiger partial charge in [-0.1, -0.05) is 39.2 Å². The van der Waals surface area contributed by atoms with Gasteiger partial charge in [-0.2, -0.15) is 0 Å². The molecule has 3 heterocycles. The Bertz CT molecular complexity index is 2070. The van der Waals surface area contributed by atoms with Crippen LogP contribution in [0.1, 0.15) is 90.0 Å². The zero-order chi connectivity index (χ0) is 42.1. The van der Waals surface area contributed by atoms with E-state index in [1.165, 1.54) is 11.0 Å². The first-order chi connectivity index (χ1) is 28.2. The van der Waals surface area contributed by atoms with Crippen molar-refractivity contribution in [1.29, 1.82) is 0 Å². The van der Waals surface area contributed by atoms with Crippen molar-refractivity contribution in [1.82, 2.24) is 25.2 Å². The number of methoxy groups -OCH3 is 1. The largest absolute Gasteiger partial charge is 0.496 e. The van der Waals surface area contributed by atoms with Crippen molar-refractivity contribution in [2.75, 3.05) is 38.7 Å². The summed E-state index contributed by atoms with van der Waals surface area (Å²) in [5.41, 5.74) is -0.465. The maximum Gasteiger partial charge on any atom is 0.407 e. The van der Waals surface area contributed by atoms with Crippen LogP contribution >= 0.6 is 0 Å². The summed E-state index contributed by atoms with van der Waals surface area (Å²) in [6.45, 7) is 8.05. The molecule has 16 nitrogen and oxygen atoms in total. The quantitative estimate of drug-likeness (QED) is 0.205. The predicted molar refractivity (Wildman–Crippen MR) is 219 cm³/mol. The number of fused-ring (bicyclic) bond motifs is 3. The molecule has 5 N–H and O–H groups in total. The van der Waals surface area contributed by atoms with E-state index < -0.39 is 74.1 Å². The van der Waals surface area contributed by atoms with Crippen molar-refractivity contribution in [2.24, 2.45) is 17.3 Å². The molecule has 4 bridgehead atoms. The fraction of sp³-hybridized carbons (Fsp3) is 0.643. The molecule has 3 aliphatic carbocycles. The normalized spacial score (nSPS) is 27.7. The number of aliphatic hydroxyl groups excluding tert-OH is 1. The van der Waals surface area contributed by atoms with Gasteiger partial charge in [0.2, 0.25) is 21.8 Å². The van der Waals surface area contributed by atoms with Gasteiger partial charge in [-0.05, 0) is 74.3 Å². The van der Waals surface area contributed by atoms with Crippen LogP contribution in [-0.2, 0) is 35.6 Å². The van der Waals surface area contributed by atoms with E-state index in [-0.39, 0.29) is 45.1 Å². The number of rotatable bonds is 11. The van der Waals surface area contributed by atoms with Crippen LogP contribution in [0, 0.1) is 17.3 Å². The molecule has 4 amide bonds. The third kappa shape index (κ3) is 9.40. The Morgan fingerprint density at radius 1 is 1.12 bits per heavy atom. The van der Waals surface area contributed by atoms with Crippen LogP contribution < -0.4 is 30.1 Å². The lowest BCUT2D eigenvalue weighted by Crippen LogP contribution is -2.59. The van der Waals surface area contributed by atoms with Crippen molar-refractivity contribution in [2.45, 2.75) is 120 Å². The average Bonchev–Trinajstić information content (AvgIpc) is 4.14. The number of carbonyl (C=O) groups is 4. The number of aromatic nitrogens is 1. The van der Waals surface area contributed by atoms with Gasteiger partial charge < -0.3 is 40.2 Å². The average molecular weight is 839 g/mol. The first-order valence-corrected chi connectivity index (χ1v) is 22.5. The van der Waals surface area contributed by atoms with Crippen LogP contribution in [0.25, 0.3) is 10.9 Å². The monoisotopic (exact) mass is 838 g/mol. The molecule has 0 spiro atoms. The SMILES string of the molecule is C=C[C@H]1C[C@@]1(NC(=O)[C@@H]1C[C@@H]2CN1C(=O)[C@H](C1CCCCC1)NC(=O)OCC(C)(C)CCCc1cc3c(cc(NCCO)nc3cc1OC)O2)C(=O)NS(=O)(=O)C1CC1. The number of hydrogen-bond acceptors (Lipinski definition) is 12. The van der Waals surface area contributed by atoms with Crippen molar-refractivity contribution in [3.63, 3.8) is 0 Å². The highest BCUT2D eigenvalue weighted by atomic mass is 32.2. The molecule has 1 aromatic heterocycles. The van der Waals surface area contributed by atoms with E-state index in [0.29, 0.717) is 60.3 Å². The summed E-state index contributed by atoms with van der Waals surface area (Å²) in [7, 11) is -2.32. The molecule has 5 aliphatic rings. The molecule has 0 radical (unpaired) electrons. The first kappa shape index (κ1) is 42.5. The highest BCUT2D eigenvalue weighted by molar-refractivity contribution is 7.91. The van der Waals surface area contributed by atoms with Crippen LogP contribution in [0.4, 0.5) is 10.6 Å². The number of nitrogens with zero attached hydrogens (tertiary/aromatic N) is 2. The highest BCUT2D eigenvalue weighted by Gasteiger charge is 2.62. The lowest BCUT2D eigenvalue weighted by atomic mass is 9.83. The van der Waals surface area contributed by atoms with Crippen molar-refractivity contribution >= 4 is 50.6 Å². The Morgan fingerprint density at radius 2 is 1.88 bits per heavy atom. The summed E-state index contributed by atoms with van der Waals surface area (Å²) in [5.74, 6) is -1.17. The Kier molecular flexibility index (Phi) is 12.3. The smallest absolute Gasteiger partial charge is 0.407 e. The first-order valence-electron chi connectivity index (χ1n) is 20.9. The van der Waals surface area contributed by atoms with Crippen LogP contribution in [0.15, 0.2) is 30.9 Å². The Balaban J connectivity index is 1.27. The third-order valence-corrected chi connectivity index (χ3v) is 14.4. The second-order valence-electron chi connectivity index (χ2n) is 17.6. The molecule has 3 saturated carbocycles. The van der Waals surface area contributed by atoms with Crippen LogP contribution in [-0.4, -0.2) is 110 Å². The van der Waals surface area contributed by atoms with Crippen molar-refractivity contribution < 1.29 is 46.9 Å². The number of aryl methyl sites for hydroxylation is 1. The number of nitrogens with one attached hydrogen (secondary N) is 4. The zero-order valence-electron chi connectivity index (χ0n) is 34.2. The second-order valence-corrected chi connectivity index (χ2v) is 19.6. The summed E-state index contributed by atoms with van der Waals surface area (Å²) < 4.78 is 46.2. The van der Waals surface area contributed by atoms with Crippen LogP contribution in [0.5, 0.6) is 11.5 Å². The van der Waals surface area contributed by atoms with Gasteiger partial charge in [-0.25, -0.2) is 18.2 Å². The van der Waals surface area contributed by atoms with Gasteiger partial charge in [0.1, 0.15) is 41.0 Å². The van der Waals surface area contributed by atoms with Crippen molar-refractivity contribution in [3.8, 4) is 11.5 Å². The molecule has 17 heteroatoms. The zero-order valence-corrected chi connectivity index (χ0v) is 35.0. The molecule has 59 heavy (non-hydrogen) atoms. The number of benzene rings is 1. The maximum absolute atomic E-state index is 15.0. The number of amides is 4.